The van der Waals surface area contributed by atoms with E-state index in [2.05, 4.69) is 12.2 Å². The molecule has 16 heavy (non-hydrogen) atoms. The van der Waals surface area contributed by atoms with Crippen molar-refractivity contribution >= 4 is 5.78 Å². The van der Waals surface area contributed by atoms with Gasteiger partial charge in [-0.25, -0.2) is 0 Å². The number of piperidine rings is 1. The molecule has 1 aromatic rings. The molecule has 88 valence electrons. The first kappa shape index (κ1) is 11.4. The predicted molar refractivity (Wildman–Crippen MR) is 62.6 cm³/mol. The standard InChI is InChI=1S/C13H19NO2/c1-9-5-6-14-11(7-9)8-12(15)13-4-3-10(2)16-13/h3-4,9,11,14H,5-8H2,1-2H3. The summed E-state index contributed by atoms with van der Waals surface area (Å²) in [4.78, 5) is 11.9. The van der Waals surface area contributed by atoms with Gasteiger partial charge >= 0.3 is 0 Å². The van der Waals surface area contributed by atoms with E-state index >= 15 is 0 Å². The number of ketones is 1. The average molecular weight is 221 g/mol. The molecule has 2 rings (SSSR count). The minimum atomic E-state index is 0.111. The molecule has 2 atom stereocenters. The molecular weight excluding hydrogens is 202 g/mol. The topological polar surface area (TPSA) is 42.2 Å². The second-order valence-electron chi connectivity index (χ2n) is 4.82. The SMILES string of the molecule is Cc1ccc(C(=O)CC2CC(C)CCN2)o1. The van der Waals surface area contributed by atoms with E-state index in [0.717, 1.165) is 24.6 Å². The van der Waals surface area contributed by atoms with Crippen molar-refractivity contribution < 1.29 is 9.21 Å². The molecule has 1 N–H and O–H groups in total. The fourth-order valence-corrected chi connectivity index (χ4v) is 2.29. The highest BCUT2D eigenvalue weighted by Crippen LogP contribution is 2.19. The Morgan fingerprint density at radius 2 is 2.38 bits per heavy atom. The van der Waals surface area contributed by atoms with Gasteiger partial charge in [-0.3, -0.25) is 4.79 Å². The quantitative estimate of drug-likeness (QED) is 0.798. The van der Waals surface area contributed by atoms with Crippen LogP contribution >= 0.6 is 0 Å². The van der Waals surface area contributed by atoms with Gasteiger partial charge in [-0.15, -0.1) is 0 Å². The first-order valence-electron chi connectivity index (χ1n) is 5.98. The van der Waals surface area contributed by atoms with Gasteiger partial charge in [-0.1, -0.05) is 6.92 Å². The fourth-order valence-electron chi connectivity index (χ4n) is 2.29. The minimum absolute atomic E-state index is 0.111. The zero-order valence-electron chi connectivity index (χ0n) is 9.95. The van der Waals surface area contributed by atoms with Gasteiger partial charge < -0.3 is 9.73 Å². The van der Waals surface area contributed by atoms with Crippen LogP contribution < -0.4 is 5.32 Å². The van der Waals surface area contributed by atoms with E-state index in [4.69, 9.17) is 4.42 Å². The molecule has 0 radical (unpaired) electrons. The molecule has 0 amide bonds. The molecular formula is C13H19NO2. The van der Waals surface area contributed by atoms with Gasteiger partial charge in [0, 0.05) is 12.5 Å². The molecule has 0 saturated carbocycles. The number of carbonyl (C=O) groups is 1. The van der Waals surface area contributed by atoms with E-state index in [1.165, 1.54) is 6.42 Å². The second-order valence-corrected chi connectivity index (χ2v) is 4.82. The first-order chi connectivity index (χ1) is 7.65. The number of furan rings is 1. The maximum atomic E-state index is 11.9. The highest BCUT2D eigenvalue weighted by molar-refractivity contribution is 5.93. The number of rotatable bonds is 3. The van der Waals surface area contributed by atoms with E-state index in [0.29, 0.717) is 18.2 Å². The lowest BCUT2D eigenvalue weighted by Gasteiger charge is -2.27. The number of nitrogens with one attached hydrogen (secondary N) is 1. The molecule has 0 spiro atoms. The Hall–Kier alpha value is -1.09. The van der Waals surface area contributed by atoms with E-state index < -0.39 is 0 Å². The van der Waals surface area contributed by atoms with Crippen LogP contribution in [-0.2, 0) is 0 Å². The minimum Gasteiger partial charge on any atom is -0.458 e. The van der Waals surface area contributed by atoms with Gasteiger partial charge in [0.2, 0.25) is 0 Å². The molecule has 0 bridgehead atoms. The van der Waals surface area contributed by atoms with Crippen molar-refractivity contribution in [3.8, 4) is 0 Å². The third-order valence-corrected chi connectivity index (χ3v) is 3.20. The summed E-state index contributed by atoms with van der Waals surface area (Å²) in [5.74, 6) is 2.13. The summed E-state index contributed by atoms with van der Waals surface area (Å²) in [6.07, 6.45) is 2.85. The van der Waals surface area contributed by atoms with Gasteiger partial charge in [0.25, 0.3) is 0 Å². The van der Waals surface area contributed by atoms with E-state index in [1.807, 2.05) is 13.0 Å². The Bertz CT molecular complexity index is 370. The Labute approximate surface area is 96.2 Å². The van der Waals surface area contributed by atoms with Gasteiger partial charge in [0.1, 0.15) is 5.76 Å². The first-order valence-corrected chi connectivity index (χ1v) is 5.98. The van der Waals surface area contributed by atoms with Crippen LogP contribution in [0.3, 0.4) is 0 Å². The molecule has 2 unspecified atom stereocenters. The van der Waals surface area contributed by atoms with Crippen molar-refractivity contribution in [2.75, 3.05) is 6.54 Å². The van der Waals surface area contributed by atoms with E-state index in [1.54, 1.807) is 6.07 Å². The molecule has 1 aromatic heterocycles. The summed E-state index contributed by atoms with van der Waals surface area (Å²) >= 11 is 0. The van der Waals surface area contributed by atoms with Gasteiger partial charge in [0.05, 0.1) is 0 Å². The second kappa shape index (κ2) is 4.83. The highest BCUT2D eigenvalue weighted by atomic mass is 16.3. The Balaban J connectivity index is 1.92. The third-order valence-electron chi connectivity index (χ3n) is 3.20. The zero-order chi connectivity index (χ0) is 11.5. The predicted octanol–water partition coefficient (Wildman–Crippen LogP) is 2.55. The maximum Gasteiger partial charge on any atom is 0.199 e. The van der Waals surface area contributed by atoms with Crippen LogP contribution in [0.1, 0.15) is 42.5 Å². The van der Waals surface area contributed by atoms with Crippen molar-refractivity contribution in [1.82, 2.24) is 5.32 Å². The third kappa shape index (κ3) is 2.73. The van der Waals surface area contributed by atoms with Crippen molar-refractivity contribution in [2.24, 2.45) is 5.92 Å². The average Bonchev–Trinajstić information content (AvgIpc) is 2.65. The number of hydrogen-bond acceptors (Lipinski definition) is 3. The summed E-state index contributed by atoms with van der Waals surface area (Å²) in [5, 5.41) is 3.39. The van der Waals surface area contributed by atoms with Crippen LogP contribution in [0.2, 0.25) is 0 Å². The van der Waals surface area contributed by atoms with Crippen molar-refractivity contribution in [1.29, 1.82) is 0 Å². The molecule has 0 aromatic carbocycles. The van der Waals surface area contributed by atoms with Gasteiger partial charge in [-0.05, 0) is 44.4 Å². The molecule has 2 heterocycles. The number of hydrogen-bond donors (Lipinski definition) is 1. The molecule has 1 fully saturated rings. The molecule has 3 heteroatoms. The van der Waals surface area contributed by atoms with E-state index in [-0.39, 0.29) is 5.78 Å². The Morgan fingerprint density at radius 1 is 1.56 bits per heavy atom. The lowest BCUT2D eigenvalue weighted by atomic mass is 9.91. The largest absolute Gasteiger partial charge is 0.458 e. The Kier molecular flexibility index (Phi) is 3.44. The molecule has 0 aliphatic carbocycles. The van der Waals surface area contributed by atoms with Crippen LogP contribution in [0, 0.1) is 12.8 Å². The van der Waals surface area contributed by atoms with Crippen LogP contribution in [-0.4, -0.2) is 18.4 Å². The van der Waals surface area contributed by atoms with Crippen molar-refractivity contribution in [3.05, 3.63) is 23.7 Å². The van der Waals surface area contributed by atoms with Crippen LogP contribution in [0.15, 0.2) is 16.5 Å². The van der Waals surface area contributed by atoms with Crippen molar-refractivity contribution in [3.63, 3.8) is 0 Å². The van der Waals surface area contributed by atoms with Crippen LogP contribution in [0.4, 0.5) is 0 Å². The molecule has 1 aliphatic rings. The molecule has 3 nitrogen and oxygen atoms in total. The highest BCUT2D eigenvalue weighted by Gasteiger charge is 2.22. The Morgan fingerprint density at radius 3 is 3.00 bits per heavy atom. The summed E-state index contributed by atoms with van der Waals surface area (Å²) in [5.41, 5.74) is 0. The lowest BCUT2D eigenvalue weighted by Crippen LogP contribution is -2.38. The monoisotopic (exact) mass is 221 g/mol. The van der Waals surface area contributed by atoms with Gasteiger partial charge in [-0.2, -0.15) is 0 Å². The van der Waals surface area contributed by atoms with E-state index in [9.17, 15) is 4.79 Å². The van der Waals surface area contributed by atoms with Crippen LogP contribution in [0.5, 0.6) is 0 Å². The number of Topliss-reactive ketones (excluding diaryl/α,β-unsaturated/α-hetero) is 1. The summed E-state index contributed by atoms with van der Waals surface area (Å²) in [6.45, 7) is 5.13. The lowest BCUT2D eigenvalue weighted by molar-refractivity contribution is 0.0930. The summed E-state index contributed by atoms with van der Waals surface area (Å²) in [6, 6.07) is 3.93. The fraction of sp³-hybridized carbons (Fsp3) is 0.615. The van der Waals surface area contributed by atoms with Crippen LogP contribution in [0.25, 0.3) is 0 Å². The number of carbonyl (C=O) groups excluding carboxylic acids is 1. The smallest absolute Gasteiger partial charge is 0.199 e. The maximum absolute atomic E-state index is 11.9. The normalized spacial score (nSPS) is 25.6. The van der Waals surface area contributed by atoms with Gasteiger partial charge in [0.15, 0.2) is 11.5 Å². The molecule has 1 saturated heterocycles. The summed E-state index contributed by atoms with van der Waals surface area (Å²) in [7, 11) is 0. The molecule has 1 aliphatic heterocycles. The van der Waals surface area contributed by atoms with Crippen molar-refractivity contribution in [2.45, 2.75) is 39.2 Å². The number of aryl methyl sites for hydroxylation is 1. The summed E-state index contributed by atoms with van der Waals surface area (Å²) < 4.78 is 5.34. The zero-order valence-corrected chi connectivity index (χ0v) is 9.95.